The molecule has 6 nitrogen and oxygen atoms in total. The van der Waals surface area contributed by atoms with E-state index in [1.807, 2.05) is 35.9 Å². The molecule has 0 unspecified atom stereocenters. The largest absolute Gasteiger partial charge is 0.451 e. The number of nitrogens with one attached hydrogen (secondary N) is 1. The van der Waals surface area contributed by atoms with Crippen LogP contribution in [0, 0.1) is 6.92 Å². The van der Waals surface area contributed by atoms with Crippen LogP contribution in [0.3, 0.4) is 0 Å². The maximum Gasteiger partial charge on any atom is 0.287 e. The van der Waals surface area contributed by atoms with Gasteiger partial charge in [-0.25, -0.2) is 4.98 Å². The van der Waals surface area contributed by atoms with Crippen molar-refractivity contribution in [2.24, 2.45) is 0 Å². The van der Waals surface area contributed by atoms with Crippen molar-refractivity contribution in [3.63, 3.8) is 0 Å². The number of nitrogens with zero attached hydrogens (tertiary/aromatic N) is 2. The van der Waals surface area contributed by atoms with Crippen molar-refractivity contribution >= 4 is 22.5 Å². The molecule has 4 rings (SSSR count). The third-order valence-corrected chi connectivity index (χ3v) is 3.94. The maximum absolute atomic E-state index is 12.3. The van der Waals surface area contributed by atoms with Crippen LogP contribution in [0.5, 0.6) is 0 Å². The molecule has 3 heterocycles. The highest BCUT2D eigenvalue weighted by Gasteiger charge is 2.12. The lowest BCUT2D eigenvalue weighted by molar-refractivity contribution is 0.0923. The smallest absolute Gasteiger partial charge is 0.287 e. The highest BCUT2D eigenvalue weighted by molar-refractivity contribution is 5.93. The minimum absolute atomic E-state index is 0.0108. The number of para-hydroxylation sites is 1. The molecule has 0 spiro atoms. The van der Waals surface area contributed by atoms with Crippen LogP contribution in [0.4, 0.5) is 0 Å². The van der Waals surface area contributed by atoms with E-state index in [0.29, 0.717) is 11.0 Å². The van der Waals surface area contributed by atoms with Crippen LogP contribution in [0.1, 0.15) is 21.8 Å². The van der Waals surface area contributed by atoms with Gasteiger partial charge in [0.15, 0.2) is 11.2 Å². The fraction of sp³-hybridized carbons (Fsp3) is 0.105. The fourth-order valence-electron chi connectivity index (χ4n) is 2.71. The van der Waals surface area contributed by atoms with Crippen molar-refractivity contribution in [1.29, 1.82) is 0 Å². The van der Waals surface area contributed by atoms with Crippen LogP contribution in [-0.4, -0.2) is 15.3 Å². The zero-order valence-electron chi connectivity index (χ0n) is 13.5. The average molecular weight is 333 g/mol. The quantitative estimate of drug-likeness (QED) is 0.625. The monoisotopic (exact) mass is 333 g/mol. The number of carbonyl (C=O) groups excluding carboxylic acids is 1. The second kappa shape index (κ2) is 5.90. The molecule has 0 saturated heterocycles. The summed E-state index contributed by atoms with van der Waals surface area (Å²) in [5.41, 5.74) is 2.81. The van der Waals surface area contributed by atoms with Gasteiger partial charge in [0.25, 0.3) is 5.91 Å². The lowest BCUT2D eigenvalue weighted by Gasteiger charge is -2.03. The number of hydrogen-bond donors (Lipinski definition) is 1. The predicted molar refractivity (Wildman–Crippen MR) is 93.6 cm³/mol. The van der Waals surface area contributed by atoms with Gasteiger partial charge in [0.2, 0.25) is 0 Å². The average Bonchev–Trinajstić information content (AvgIpc) is 3.01. The van der Waals surface area contributed by atoms with Crippen molar-refractivity contribution in [2.45, 2.75) is 13.5 Å². The van der Waals surface area contributed by atoms with Gasteiger partial charge in [0.05, 0.1) is 17.6 Å². The Kier molecular flexibility index (Phi) is 3.57. The second-order valence-electron chi connectivity index (χ2n) is 5.86. The van der Waals surface area contributed by atoms with Crippen molar-refractivity contribution < 1.29 is 9.21 Å². The molecule has 124 valence electrons. The van der Waals surface area contributed by atoms with Crippen molar-refractivity contribution in [3.8, 4) is 0 Å². The number of hydrogen-bond acceptors (Lipinski definition) is 4. The fourth-order valence-corrected chi connectivity index (χ4v) is 2.71. The Hall–Kier alpha value is -3.41. The van der Waals surface area contributed by atoms with Gasteiger partial charge in [-0.15, -0.1) is 0 Å². The zero-order chi connectivity index (χ0) is 17.4. The molecule has 0 saturated carbocycles. The first-order valence-corrected chi connectivity index (χ1v) is 7.85. The maximum atomic E-state index is 12.3. The van der Waals surface area contributed by atoms with Gasteiger partial charge < -0.3 is 14.1 Å². The number of aromatic nitrogens is 2. The first-order chi connectivity index (χ1) is 12.1. The van der Waals surface area contributed by atoms with Gasteiger partial charge in [-0.2, -0.15) is 0 Å². The molecule has 3 aromatic heterocycles. The summed E-state index contributed by atoms with van der Waals surface area (Å²) < 4.78 is 7.44. The van der Waals surface area contributed by atoms with Gasteiger partial charge in [0, 0.05) is 18.5 Å². The number of benzene rings is 1. The summed E-state index contributed by atoms with van der Waals surface area (Å²) in [4.78, 5) is 28.8. The van der Waals surface area contributed by atoms with E-state index in [1.54, 1.807) is 24.3 Å². The Morgan fingerprint density at radius 2 is 2.04 bits per heavy atom. The van der Waals surface area contributed by atoms with Gasteiger partial charge in [-0.3, -0.25) is 9.59 Å². The van der Waals surface area contributed by atoms with E-state index in [-0.39, 0.29) is 17.7 Å². The van der Waals surface area contributed by atoms with Crippen LogP contribution >= 0.6 is 0 Å². The summed E-state index contributed by atoms with van der Waals surface area (Å²) >= 11 is 0. The lowest BCUT2D eigenvalue weighted by Crippen LogP contribution is -2.24. The Bertz CT molecular complexity index is 1160. The van der Waals surface area contributed by atoms with Gasteiger partial charge in [-0.05, 0) is 30.7 Å². The molecule has 0 aliphatic carbocycles. The molecule has 6 heteroatoms. The third kappa shape index (κ3) is 2.89. The molecule has 0 fully saturated rings. The molecule has 4 aromatic rings. The van der Waals surface area contributed by atoms with E-state index in [4.69, 9.17) is 4.42 Å². The molecule has 1 aromatic carbocycles. The number of aryl methyl sites for hydroxylation is 1. The van der Waals surface area contributed by atoms with Crippen LogP contribution < -0.4 is 10.7 Å². The minimum Gasteiger partial charge on any atom is -0.451 e. The van der Waals surface area contributed by atoms with Gasteiger partial charge in [0.1, 0.15) is 11.2 Å². The van der Waals surface area contributed by atoms with E-state index >= 15 is 0 Å². The van der Waals surface area contributed by atoms with E-state index < -0.39 is 5.91 Å². The van der Waals surface area contributed by atoms with Crippen LogP contribution in [-0.2, 0) is 6.54 Å². The number of pyridine rings is 1. The van der Waals surface area contributed by atoms with Gasteiger partial charge in [-0.1, -0.05) is 18.2 Å². The third-order valence-electron chi connectivity index (χ3n) is 3.94. The van der Waals surface area contributed by atoms with Gasteiger partial charge >= 0.3 is 0 Å². The second-order valence-corrected chi connectivity index (χ2v) is 5.86. The predicted octanol–water partition coefficient (Wildman–Crippen LogP) is 2.68. The normalized spacial score (nSPS) is 11.1. The van der Waals surface area contributed by atoms with Crippen molar-refractivity contribution in [1.82, 2.24) is 14.7 Å². The lowest BCUT2D eigenvalue weighted by atomic mass is 10.2. The molecule has 0 bridgehead atoms. The Morgan fingerprint density at radius 3 is 2.92 bits per heavy atom. The first kappa shape index (κ1) is 15.1. The van der Waals surface area contributed by atoms with E-state index in [1.165, 1.54) is 6.07 Å². The van der Waals surface area contributed by atoms with E-state index in [2.05, 4.69) is 10.3 Å². The topological polar surface area (TPSA) is 76.6 Å². The van der Waals surface area contributed by atoms with E-state index in [9.17, 15) is 9.59 Å². The van der Waals surface area contributed by atoms with E-state index in [0.717, 1.165) is 16.9 Å². The molecular formula is C19H15N3O3. The zero-order valence-corrected chi connectivity index (χ0v) is 13.5. The molecule has 0 aliphatic rings. The summed E-state index contributed by atoms with van der Waals surface area (Å²) in [7, 11) is 0. The highest BCUT2D eigenvalue weighted by Crippen LogP contribution is 2.12. The SMILES string of the molecule is Cc1ccc2nc(CNC(=O)c3cc(=O)c4ccccc4o3)cn2c1. The number of fused-ring (bicyclic) bond motifs is 2. The van der Waals surface area contributed by atoms with Crippen LogP contribution in [0.25, 0.3) is 16.6 Å². The number of carbonyl (C=O) groups is 1. The molecular weight excluding hydrogens is 318 g/mol. The first-order valence-electron chi connectivity index (χ1n) is 7.85. The summed E-state index contributed by atoms with van der Waals surface area (Å²) in [6.45, 7) is 2.25. The molecule has 0 atom stereocenters. The standard InChI is InChI=1S/C19H15N3O3/c1-12-6-7-18-21-13(11-22(18)10-12)9-20-19(24)17-8-15(23)14-4-2-3-5-16(14)25-17/h2-8,10-11H,9H2,1H3,(H,20,24). The molecule has 1 amide bonds. The van der Waals surface area contributed by atoms with Crippen molar-refractivity contribution in [2.75, 3.05) is 0 Å². The molecule has 0 aliphatic heterocycles. The molecule has 1 N–H and O–H groups in total. The summed E-state index contributed by atoms with van der Waals surface area (Å²) in [5, 5.41) is 3.19. The highest BCUT2D eigenvalue weighted by atomic mass is 16.3. The summed E-state index contributed by atoms with van der Waals surface area (Å²) in [5.74, 6) is -0.459. The van der Waals surface area contributed by atoms with Crippen LogP contribution in [0.15, 0.2) is 64.1 Å². The number of imidazole rings is 1. The molecule has 0 radical (unpaired) electrons. The summed E-state index contributed by atoms with van der Waals surface area (Å²) in [6.07, 6.45) is 3.83. The Balaban J connectivity index is 1.56. The van der Waals surface area contributed by atoms with Crippen molar-refractivity contribution in [3.05, 3.63) is 82.1 Å². The number of rotatable bonds is 3. The number of amides is 1. The Morgan fingerprint density at radius 1 is 1.20 bits per heavy atom. The molecule has 25 heavy (non-hydrogen) atoms. The van der Waals surface area contributed by atoms with Crippen LogP contribution in [0.2, 0.25) is 0 Å². The Labute approximate surface area is 142 Å². The summed E-state index contributed by atoms with van der Waals surface area (Å²) in [6, 6.07) is 12.0. The minimum atomic E-state index is -0.448.